The average molecular weight is 582 g/mol. The monoisotopic (exact) mass is 581 g/mol. The van der Waals surface area contributed by atoms with Crippen molar-refractivity contribution in [3.8, 4) is 5.75 Å². The summed E-state index contributed by atoms with van der Waals surface area (Å²) in [4.78, 5) is 30.6. The first-order valence-electron chi connectivity index (χ1n) is 14.1. The Hall–Kier alpha value is -4.05. The van der Waals surface area contributed by atoms with E-state index in [1.807, 2.05) is 48.5 Å². The van der Waals surface area contributed by atoms with Gasteiger partial charge < -0.3 is 32.2 Å². The molecule has 3 aromatic rings. The van der Waals surface area contributed by atoms with Gasteiger partial charge in [-0.05, 0) is 74.2 Å². The first kappa shape index (κ1) is 38.0. The lowest BCUT2D eigenvalue weighted by Gasteiger charge is -2.04. The smallest absolute Gasteiger partial charge is 0.320 e. The molecule has 0 aliphatic rings. The molecule has 0 spiro atoms. The van der Waals surface area contributed by atoms with E-state index in [2.05, 4.69) is 19.1 Å². The summed E-state index contributed by atoms with van der Waals surface area (Å²) in [5, 5.41) is 16.7. The zero-order valence-electron chi connectivity index (χ0n) is 24.6. The summed E-state index contributed by atoms with van der Waals surface area (Å²) in [6.07, 6.45) is 6.29. The SMILES string of the molecule is CCCCOc1ccc(C=O)cc1.NCCCC[C@H](N)C(=O)O.NCCc1ccccc1.O=C(O)Cc1ccccc1. The third-order valence-electron chi connectivity index (χ3n) is 5.54. The number of aliphatic carboxylic acids is 2. The first-order chi connectivity index (χ1) is 20.3. The minimum atomic E-state index is -0.933. The maximum absolute atomic E-state index is 10.3. The van der Waals surface area contributed by atoms with E-state index in [-0.39, 0.29) is 6.42 Å². The van der Waals surface area contributed by atoms with Gasteiger partial charge in [0.1, 0.15) is 18.1 Å². The van der Waals surface area contributed by atoms with Crippen LogP contribution in [-0.2, 0) is 22.4 Å². The summed E-state index contributed by atoms with van der Waals surface area (Å²) in [6.45, 7) is 4.21. The van der Waals surface area contributed by atoms with Crippen LogP contribution in [0.2, 0.25) is 0 Å². The predicted octanol–water partition coefficient (Wildman–Crippen LogP) is 4.71. The molecule has 0 saturated carbocycles. The van der Waals surface area contributed by atoms with E-state index >= 15 is 0 Å². The zero-order valence-corrected chi connectivity index (χ0v) is 24.6. The lowest BCUT2D eigenvalue weighted by atomic mass is 10.1. The number of hydrogen-bond acceptors (Lipinski definition) is 7. The fourth-order valence-corrected chi connectivity index (χ4v) is 3.19. The third-order valence-corrected chi connectivity index (χ3v) is 5.54. The second kappa shape index (κ2) is 25.9. The number of aldehydes is 1. The van der Waals surface area contributed by atoms with Crippen molar-refractivity contribution in [1.29, 1.82) is 0 Å². The van der Waals surface area contributed by atoms with E-state index in [1.165, 1.54) is 5.56 Å². The van der Waals surface area contributed by atoms with Gasteiger partial charge in [-0.2, -0.15) is 0 Å². The third kappa shape index (κ3) is 21.7. The molecule has 0 bridgehead atoms. The largest absolute Gasteiger partial charge is 0.494 e. The van der Waals surface area contributed by atoms with Gasteiger partial charge in [-0.15, -0.1) is 0 Å². The number of unbranched alkanes of at least 4 members (excludes halogenated alkanes) is 2. The minimum absolute atomic E-state index is 0.112. The van der Waals surface area contributed by atoms with Crippen LogP contribution in [0.4, 0.5) is 0 Å². The molecule has 230 valence electrons. The lowest BCUT2D eigenvalue weighted by Crippen LogP contribution is -2.29. The highest BCUT2D eigenvalue weighted by Crippen LogP contribution is 2.11. The number of hydrogen-bond donors (Lipinski definition) is 5. The van der Waals surface area contributed by atoms with Gasteiger partial charge in [0.25, 0.3) is 0 Å². The summed E-state index contributed by atoms with van der Waals surface area (Å²) >= 11 is 0. The van der Waals surface area contributed by atoms with Crippen LogP contribution in [-0.4, -0.2) is 54.2 Å². The van der Waals surface area contributed by atoms with Crippen molar-refractivity contribution in [3.63, 3.8) is 0 Å². The second-order valence-corrected chi connectivity index (χ2v) is 9.20. The van der Waals surface area contributed by atoms with Crippen molar-refractivity contribution < 1.29 is 29.3 Å². The molecule has 9 nitrogen and oxygen atoms in total. The highest BCUT2D eigenvalue weighted by atomic mass is 16.5. The van der Waals surface area contributed by atoms with Gasteiger partial charge >= 0.3 is 11.9 Å². The Morgan fingerprint density at radius 3 is 1.83 bits per heavy atom. The van der Waals surface area contributed by atoms with Gasteiger partial charge in [0.15, 0.2) is 0 Å². The number of carboxylic acid groups (broad SMARTS) is 2. The summed E-state index contributed by atoms with van der Waals surface area (Å²) < 4.78 is 5.43. The average Bonchev–Trinajstić information content (AvgIpc) is 3.00. The minimum Gasteiger partial charge on any atom is -0.494 e. The highest BCUT2D eigenvalue weighted by Gasteiger charge is 2.09. The standard InChI is InChI=1S/C11H14O2.C8H11N.C8H8O2.C6H14N2O2/c1-2-3-8-13-11-6-4-10(9-12)5-7-11;9-7-6-8-4-2-1-3-5-8;9-8(10)6-7-4-2-1-3-5-7;7-4-2-1-3-5(8)6(9)10/h4-7,9H,2-3,8H2,1H3;1-5H,6-7,9H2;1-5H,6H2,(H,9,10);5H,1-4,7-8H2,(H,9,10)/t;;;5-/m...0/s1. The van der Waals surface area contributed by atoms with Crippen LogP contribution in [0.15, 0.2) is 84.9 Å². The Labute approximate surface area is 249 Å². The highest BCUT2D eigenvalue weighted by molar-refractivity contribution is 5.74. The second-order valence-electron chi connectivity index (χ2n) is 9.20. The lowest BCUT2D eigenvalue weighted by molar-refractivity contribution is -0.139. The summed E-state index contributed by atoms with van der Waals surface area (Å²) in [5.41, 5.74) is 18.6. The molecule has 3 aromatic carbocycles. The molecule has 0 radical (unpaired) electrons. The maximum Gasteiger partial charge on any atom is 0.320 e. The molecule has 0 aromatic heterocycles. The normalized spacial score (nSPS) is 10.3. The summed E-state index contributed by atoms with van der Waals surface area (Å²) in [6, 6.07) is 25.8. The molecule has 0 aliphatic heterocycles. The molecule has 0 unspecified atom stereocenters. The van der Waals surface area contributed by atoms with Gasteiger partial charge in [0.2, 0.25) is 0 Å². The van der Waals surface area contributed by atoms with Crippen molar-refractivity contribution >= 4 is 18.2 Å². The molecule has 0 amide bonds. The van der Waals surface area contributed by atoms with E-state index in [0.717, 1.165) is 62.9 Å². The molecular formula is C33H47N3O6. The van der Waals surface area contributed by atoms with Crippen LogP contribution in [0.1, 0.15) is 60.5 Å². The summed E-state index contributed by atoms with van der Waals surface area (Å²) in [7, 11) is 0. The molecule has 0 heterocycles. The van der Waals surface area contributed by atoms with E-state index in [4.69, 9.17) is 32.2 Å². The van der Waals surface area contributed by atoms with Crippen LogP contribution in [0.25, 0.3) is 0 Å². The number of rotatable bonds is 14. The van der Waals surface area contributed by atoms with Gasteiger partial charge in [-0.1, -0.05) is 80.4 Å². The molecule has 9 heteroatoms. The number of nitrogens with two attached hydrogens (primary N) is 3. The fraction of sp³-hybridized carbons (Fsp3) is 0.364. The van der Waals surface area contributed by atoms with Crippen molar-refractivity contribution in [2.45, 2.75) is 57.9 Å². The van der Waals surface area contributed by atoms with Gasteiger partial charge in [0, 0.05) is 5.56 Å². The molecule has 1 atom stereocenters. The van der Waals surface area contributed by atoms with Gasteiger partial charge in [-0.25, -0.2) is 0 Å². The zero-order chi connectivity index (χ0) is 31.4. The molecule has 3 rings (SSSR count). The Morgan fingerprint density at radius 2 is 1.38 bits per heavy atom. The van der Waals surface area contributed by atoms with Gasteiger partial charge in [-0.3, -0.25) is 14.4 Å². The number of carbonyl (C=O) groups excluding carboxylic acids is 1. The topological polar surface area (TPSA) is 179 Å². The van der Waals surface area contributed by atoms with E-state index < -0.39 is 18.0 Å². The van der Waals surface area contributed by atoms with Crippen molar-refractivity contribution in [2.75, 3.05) is 19.7 Å². The van der Waals surface area contributed by atoms with E-state index in [0.29, 0.717) is 18.5 Å². The number of carbonyl (C=O) groups is 3. The van der Waals surface area contributed by atoms with E-state index in [1.54, 1.807) is 24.3 Å². The fourth-order valence-electron chi connectivity index (χ4n) is 3.19. The quantitative estimate of drug-likeness (QED) is 0.133. The Kier molecular flexibility index (Phi) is 23.4. The van der Waals surface area contributed by atoms with E-state index in [9.17, 15) is 14.4 Å². The maximum atomic E-state index is 10.3. The molecule has 42 heavy (non-hydrogen) atoms. The van der Waals surface area contributed by atoms with Crippen LogP contribution >= 0.6 is 0 Å². The van der Waals surface area contributed by atoms with Crippen LogP contribution in [0.5, 0.6) is 5.75 Å². The Balaban J connectivity index is 0.000000539. The molecule has 0 saturated heterocycles. The Morgan fingerprint density at radius 1 is 0.810 bits per heavy atom. The van der Waals surface area contributed by atoms with Crippen molar-refractivity contribution in [3.05, 3.63) is 102 Å². The van der Waals surface area contributed by atoms with Crippen LogP contribution < -0.4 is 21.9 Å². The molecular weight excluding hydrogens is 534 g/mol. The van der Waals surface area contributed by atoms with Crippen LogP contribution in [0.3, 0.4) is 0 Å². The first-order valence-corrected chi connectivity index (χ1v) is 14.1. The molecule has 8 N–H and O–H groups in total. The number of carboxylic acids is 2. The molecule has 0 fully saturated rings. The number of ether oxygens (including phenoxy) is 1. The Bertz CT molecular complexity index is 1080. The van der Waals surface area contributed by atoms with Crippen molar-refractivity contribution in [2.24, 2.45) is 17.2 Å². The predicted molar refractivity (Wildman–Crippen MR) is 168 cm³/mol. The van der Waals surface area contributed by atoms with Crippen LogP contribution in [0, 0.1) is 0 Å². The van der Waals surface area contributed by atoms with Gasteiger partial charge in [0.05, 0.1) is 13.0 Å². The molecule has 0 aliphatic carbocycles. The number of benzene rings is 3. The summed E-state index contributed by atoms with van der Waals surface area (Å²) in [5.74, 6) is -0.887. The van der Waals surface area contributed by atoms with Crippen molar-refractivity contribution in [1.82, 2.24) is 0 Å².